The Morgan fingerprint density at radius 3 is 2.55 bits per heavy atom. The van der Waals surface area contributed by atoms with Crippen LogP contribution in [-0.4, -0.2) is 59.4 Å². The number of hydrogen-bond donors (Lipinski definition) is 2. The normalized spacial score (nSPS) is 22.3. The molecule has 7 heteroatoms. The third kappa shape index (κ3) is 3.09. The molecule has 0 aromatic heterocycles. The highest BCUT2D eigenvalue weighted by Crippen LogP contribution is 2.39. The van der Waals surface area contributed by atoms with E-state index < -0.39 is 5.54 Å². The van der Waals surface area contributed by atoms with Crippen molar-refractivity contribution in [1.29, 1.82) is 0 Å². The molecule has 2 aliphatic rings. The van der Waals surface area contributed by atoms with E-state index in [-0.39, 0.29) is 30.4 Å². The molecule has 0 radical (unpaired) electrons. The smallest absolute Gasteiger partial charge is 0.327 e. The van der Waals surface area contributed by atoms with Gasteiger partial charge in [-0.3, -0.25) is 14.5 Å². The summed E-state index contributed by atoms with van der Waals surface area (Å²) in [5.41, 5.74) is 4.90. The van der Waals surface area contributed by atoms with Crippen molar-refractivity contribution in [2.45, 2.75) is 57.0 Å². The van der Waals surface area contributed by atoms with Gasteiger partial charge in [-0.15, -0.1) is 0 Å². The molecule has 22 heavy (non-hydrogen) atoms. The Bertz CT molecular complexity index is 458. The number of carbonyl (C=O) groups is 3. The Kier molecular flexibility index (Phi) is 5.05. The monoisotopic (exact) mass is 310 g/mol. The van der Waals surface area contributed by atoms with Gasteiger partial charge in [-0.2, -0.15) is 0 Å². The van der Waals surface area contributed by atoms with E-state index in [1.165, 1.54) is 4.90 Å². The molecular formula is C15H26N4O3. The van der Waals surface area contributed by atoms with E-state index in [1.807, 2.05) is 6.92 Å². The average Bonchev–Trinajstić information content (AvgIpc) is 2.64. The van der Waals surface area contributed by atoms with E-state index in [1.54, 1.807) is 7.05 Å². The first-order chi connectivity index (χ1) is 10.4. The van der Waals surface area contributed by atoms with Gasteiger partial charge >= 0.3 is 6.03 Å². The molecule has 2 rings (SSSR count). The first-order valence-electron chi connectivity index (χ1n) is 8.00. The van der Waals surface area contributed by atoms with Gasteiger partial charge in [-0.25, -0.2) is 4.79 Å². The number of imide groups is 1. The largest absolute Gasteiger partial charge is 0.354 e. The van der Waals surface area contributed by atoms with E-state index in [2.05, 4.69) is 5.32 Å². The molecule has 0 aromatic carbocycles. The lowest BCUT2D eigenvalue weighted by Gasteiger charge is -2.35. The summed E-state index contributed by atoms with van der Waals surface area (Å²) in [7, 11) is 1.67. The molecule has 1 unspecified atom stereocenters. The van der Waals surface area contributed by atoms with Crippen LogP contribution in [-0.2, 0) is 9.59 Å². The molecule has 1 heterocycles. The zero-order valence-electron chi connectivity index (χ0n) is 13.4. The first-order valence-corrected chi connectivity index (χ1v) is 8.00. The second-order valence-corrected chi connectivity index (χ2v) is 6.44. The Balaban J connectivity index is 1.98. The molecule has 124 valence electrons. The number of carbonyl (C=O) groups excluding carboxylic acids is 3. The quantitative estimate of drug-likeness (QED) is 0.720. The molecule has 1 aliphatic heterocycles. The van der Waals surface area contributed by atoms with Crippen molar-refractivity contribution in [3.8, 4) is 0 Å². The lowest BCUT2D eigenvalue weighted by Crippen LogP contribution is -2.49. The highest BCUT2D eigenvalue weighted by atomic mass is 16.2. The summed E-state index contributed by atoms with van der Waals surface area (Å²) in [5.74, 6) is -0.536. The number of urea groups is 1. The lowest BCUT2D eigenvalue weighted by atomic mass is 9.81. The Hall–Kier alpha value is -1.63. The molecule has 3 N–H and O–H groups in total. The van der Waals surface area contributed by atoms with Gasteiger partial charge in [-0.1, -0.05) is 19.3 Å². The summed E-state index contributed by atoms with van der Waals surface area (Å²) < 4.78 is 0. The Morgan fingerprint density at radius 1 is 1.32 bits per heavy atom. The molecule has 1 saturated heterocycles. The lowest BCUT2D eigenvalue weighted by molar-refractivity contribution is -0.137. The number of hydrogen-bond acceptors (Lipinski definition) is 4. The molecular weight excluding hydrogens is 284 g/mol. The van der Waals surface area contributed by atoms with Gasteiger partial charge in [0.25, 0.3) is 5.91 Å². The van der Waals surface area contributed by atoms with Gasteiger partial charge in [0, 0.05) is 19.6 Å². The van der Waals surface area contributed by atoms with Crippen molar-refractivity contribution in [2.75, 3.05) is 20.1 Å². The second-order valence-electron chi connectivity index (χ2n) is 6.44. The number of nitrogens with one attached hydrogen (secondary N) is 1. The van der Waals surface area contributed by atoms with E-state index >= 15 is 0 Å². The number of amides is 4. The van der Waals surface area contributed by atoms with Crippen LogP contribution < -0.4 is 11.1 Å². The minimum Gasteiger partial charge on any atom is -0.354 e. The summed E-state index contributed by atoms with van der Waals surface area (Å²) >= 11 is 0. The molecule has 0 aromatic rings. The summed E-state index contributed by atoms with van der Waals surface area (Å²) in [5, 5.41) is 2.70. The van der Waals surface area contributed by atoms with Gasteiger partial charge in [0.2, 0.25) is 5.91 Å². The van der Waals surface area contributed by atoms with Crippen molar-refractivity contribution in [1.82, 2.24) is 15.1 Å². The van der Waals surface area contributed by atoms with Crippen LogP contribution in [0.15, 0.2) is 0 Å². The average molecular weight is 310 g/mol. The van der Waals surface area contributed by atoms with Crippen molar-refractivity contribution in [3.63, 3.8) is 0 Å². The minimum atomic E-state index is -0.721. The number of nitrogens with zero attached hydrogens (tertiary/aromatic N) is 2. The van der Waals surface area contributed by atoms with Gasteiger partial charge in [-0.05, 0) is 26.2 Å². The van der Waals surface area contributed by atoms with E-state index in [0.717, 1.165) is 24.2 Å². The zero-order chi connectivity index (χ0) is 16.3. The molecule has 1 saturated carbocycles. The predicted molar refractivity (Wildman–Crippen MR) is 82.0 cm³/mol. The van der Waals surface area contributed by atoms with Crippen LogP contribution in [0, 0.1) is 0 Å². The topological polar surface area (TPSA) is 95.7 Å². The van der Waals surface area contributed by atoms with Crippen LogP contribution in [0.1, 0.15) is 45.4 Å². The van der Waals surface area contributed by atoms with Crippen LogP contribution in [0.3, 0.4) is 0 Å². The van der Waals surface area contributed by atoms with Crippen LogP contribution in [0.5, 0.6) is 0 Å². The van der Waals surface area contributed by atoms with E-state index in [4.69, 9.17) is 5.73 Å². The van der Waals surface area contributed by atoms with Crippen LogP contribution in [0.25, 0.3) is 0 Å². The maximum atomic E-state index is 12.7. The molecule has 0 bridgehead atoms. The zero-order valence-corrected chi connectivity index (χ0v) is 13.4. The fourth-order valence-corrected chi connectivity index (χ4v) is 3.31. The molecule has 4 amide bonds. The summed E-state index contributed by atoms with van der Waals surface area (Å²) in [4.78, 5) is 39.6. The first kappa shape index (κ1) is 16.7. The molecule has 1 aliphatic carbocycles. The van der Waals surface area contributed by atoms with Crippen LogP contribution >= 0.6 is 0 Å². The summed E-state index contributed by atoms with van der Waals surface area (Å²) in [6.07, 6.45) is 5.02. The highest BCUT2D eigenvalue weighted by molar-refractivity contribution is 6.08. The molecule has 1 spiro atoms. The summed E-state index contributed by atoms with van der Waals surface area (Å²) in [6, 6.07) is -0.360. The Labute approximate surface area is 131 Å². The van der Waals surface area contributed by atoms with Crippen molar-refractivity contribution < 1.29 is 14.4 Å². The predicted octanol–water partition coefficient (Wildman–Crippen LogP) is 0.437. The number of rotatable bonds is 5. The van der Waals surface area contributed by atoms with E-state index in [9.17, 15) is 14.4 Å². The molecule has 7 nitrogen and oxygen atoms in total. The fourth-order valence-electron chi connectivity index (χ4n) is 3.31. The third-order valence-corrected chi connectivity index (χ3v) is 4.71. The molecule has 1 atom stereocenters. The van der Waals surface area contributed by atoms with Crippen molar-refractivity contribution in [3.05, 3.63) is 0 Å². The number of likely N-dealkylation sites (N-methyl/N-ethyl adjacent to an activating group) is 1. The number of nitrogens with two attached hydrogens (primary N) is 1. The maximum absolute atomic E-state index is 12.7. The standard InChI is InChI=1S/C15H26N4O3/c1-11(16)6-9-17-12(20)10-19-13(21)15(18(2)14(19)22)7-4-3-5-8-15/h11H,3-10,16H2,1-2H3,(H,17,20). The molecule has 2 fully saturated rings. The van der Waals surface area contributed by atoms with Gasteiger partial charge < -0.3 is 16.0 Å². The second kappa shape index (κ2) is 6.64. The van der Waals surface area contributed by atoms with Gasteiger partial charge in [0.05, 0.1) is 0 Å². The summed E-state index contributed by atoms with van der Waals surface area (Å²) in [6.45, 7) is 2.11. The third-order valence-electron chi connectivity index (χ3n) is 4.71. The minimum absolute atomic E-state index is 0.00647. The highest BCUT2D eigenvalue weighted by Gasteiger charge is 2.55. The Morgan fingerprint density at radius 2 is 1.95 bits per heavy atom. The van der Waals surface area contributed by atoms with Crippen molar-refractivity contribution in [2.24, 2.45) is 5.73 Å². The van der Waals surface area contributed by atoms with Crippen molar-refractivity contribution >= 4 is 17.8 Å². The fraction of sp³-hybridized carbons (Fsp3) is 0.800. The SMILES string of the molecule is CC(N)CCNC(=O)CN1C(=O)N(C)C2(CCCCC2)C1=O. The van der Waals surface area contributed by atoms with Crippen LogP contribution in [0.2, 0.25) is 0 Å². The van der Waals surface area contributed by atoms with Gasteiger partial charge in [0.1, 0.15) is 12.1 Å². The maximum Gasteiger partial charge on any atom is 0.327 e. The van der Waals surface area contributed by atoms with Crippen LogP contribution in [0.4, 0.5) is 4.79 Å². The van der Waals surface area contributed by atoms with Gasteiger partial charge in [0.15, 0.2) is 0 Å². The van der Waals surface area contributed by atoms with E-state index in [0.29, 0.717) is 25.8 Å².